The van der Waals surface area contributed by atoms with Crippen LogP contribution in [0, 0.1) is 5.82 Å². The second-order valence-electron chi connectivity index (χ2n) is 6.14. The predicted molar refractivity (Wildman–Crippen MR) is 108 cm³/mol. The zero-order chi connectivity index (χ0) is 19.9. The molecule has 0 radical (unpaired) electrons. The molecule has 0 saturated carbocycles. The molecule has 142 valence electrons. The minimum atomic E-state index is -0.297. The van der Waals surface area contributed by atoms with Crippen LogP contribution in [0.2, 0.25) is 5.02 Å². The molecule has 3 aromatic rings. The number of rotatable bonds is 6. The van der Waals surface area contributed by atoms with Crippen molar-refractivity contribution in [2.45, 2.75) is 6.42 Å². The molecule has 3 aromatic carbocycles. The molecule has 0 aliphatic rings. The largest absolute Gasteiger partial charge is 0.352 e. The lowest BCUT2D eigenvalue weighted by Crippen LogP contribution is -2.26. The maximum Gasteiger partial charge on any atom is 0.255 e. The van der Waals surface area contributed by atoms with Crippen molar-refractivity contribution >= 4 is 29.1 Å². The fourth-order valence-corrected chi connectivity index (χ4v) is 2.85. The Balaban J connectivity index is 1.55. The quantitative estimate of drug-likeness (QED) is 0.634. The Kier molecular flexibility index (Phi) is 6.40. The Bertz CT molecular complexity index is 990. The van der Waals surface area contributed by atoms with Gasteiger partial charge in [0.2, 0.25) is 0 Å². The monoisotopic (exact) mass is 396 g/mol. The van der Waals surface area contributed by atoms with Gasteiger partial charge in [0, 0.05) is 28.4 Å². The van der Waals surface area contributed by atoms with E-state index in [1.807, 2.05) is 0 Å². The van der Waals surface area contributed by atoms with Crippen molar-refractivity contribution in [2.75, 3.05) is 11.9 Å². The third-order valence-corrected chi connectivity index (χ3v) is 4.36. The Morgan fingerprint density at radius 1 is 0.857 bits per heavy atom. The molecule has 0 unspecified atom stereocenters. The standard InChI is InChI=1S/C22H18ClFN2O2/c23-18-5-3-6-19(14-18)26-22(28)17-10-8-16(9-11-17)21(27)25-13-12-15-4-1-2-7-20(15)24/h1-11,14H,12-13H2,(H,25,27)(H,26,28). The molecular weight excluding hydrogens is 379 g/mol. The summed E-state index contributed by atoms with van der Waals surface area (Å²) in [5, 5.41) is 6.02. The second-order valence-corrected chi connectivity index (χ2v) is 6.58. The molecule has 0 aliphatic carbocycles. The van der Waals surface area contributed by atoms with Gasteiger partial charge in [-0.2, -0.15) is 0 Å². The first-order valence-corrected chi connectivity index (χ1v) is 9.09. The van der Waals surface area contributed by atoms with Gasteiger partial charge in [-0.05, 0) is 60.5 Å². The number of benzene rings is 3. The Labute approximate surface area is 167 Å². The minimum Gasteiger partial charge on any atom is -0.352 e. The lowest BCUT2D eigenvalue weighted by Gasteiger charge is -2.08. The van der Waals surface area contributed by atoms with E-state index in [1.54, 1.807) is 66.7 Å². The van der Waals surface area contributed by atoms with E-state index in [0.717, 1.165) is 0 Å². The summed E-state index contributed by atoms with van der Waals surface area (Å²) in [5.41, 5.74) is 1.99. The third-order valence-electron chi connectivity index (χ3n) is 4.13. The van der Waals surface area contributed by atoms with E-state index in [-0.39, 0.29) is 17.6 Å². The summed E-state index contributed by atoms with van der Waals surface area (Å²) in [6, 6.07) is 19.6. The van der Waals surface area contributed by atoms with Crippen LogP contribution >= 0.6 is 11.6 Å². The number of carbonyl (C=O) groups is 2. The highest BCUT2D eigenvalue weighted by molar-refractivity contribution is 6.31. The molecule has 4 nitrogen and oxygen atoms in total. The van der Waals surface area contributed by atoms with Gasteiger partial charge >= 0.3 is 0 Å². The zero-order valence-electron chi connectivity index (χ0n) is 14.9. The molecular formula is C22H18ClFN2O2. The summed E-state index contributed by atoms with van der Waals surface area (Å²) in [7, 11) is 0. The van der Waals surface area contributed by atoms with Crippen LogP contribution in [0.1, 0.15) is 26.3 Å². The summed E-state index contributed by atoms with van der Waals surface area (Å²) in [6.45, 7) is 0.316. The van der Waals surface area contributed by atoms with Gasteiger partial charge in [-0.3, -0.25) is 9.59 Å². The Morgan fingerprint density at radius 2 is 1.54 bits per heavy atom. The van der Waals surface area contributed by atoms with E-state index in [4.69, 9.17) is 11.6 Å². The van der Waals surface area contributed by atoms with Gasteiger partial charge in [0.05, 0.1) is 0 Å². The summed E-state index contributed by atoms with van der Waals surface area (Å²) in [4.78, 5) is 24.5. The second kappa shape index (κ2) is 9.15. The number of amides is 2. The average molecular weight is 397 g/mol. The molecule has 0 heterocycles. The summed E-state index contributed by atoms with van der Waals surface area (Å²) >= 11 is 5.90. The van der Waals surface area contributed by atoms with Crippen molar-refractivity contribution in [1.29, 1.82) is 0 Å². The van der Waals surface area contributed by atoms with E-state index < -0.39 is 0 Å². The van der Waals surface area contributed by atoms with Crippen molar-refractivity contribution in [2.24, 2.45) is 0 Å². The van der Waals surface area contributed by atoms with E-state index in [1.165, 1.54) is 6.07 Å². The van der Waals surface area contributed by atoms with Gasteiger partial charge in [0.1, 0.15) is 5.82 Å². The minimum absolute atomic E-state index is 0.280. The highest BCUT2D eigenvalue weighted by atomic mass is 35.5. The van der Waals surface area contributed by atoms with Gasteiger partial charge in [0.15, 0.2) is 0 Å². The van der Waals surface area contributed by atoms with Crippen molar-refractivity contribution in [3.63, 3.8) is 0 Å². The van der Waals surface area contributed by atoms with Crippen molar-refractivity contribution < 1.29 is 14.0 Å². The molecule has 0 spiro atoms. The van der Waals surface area contributed by atoms with Crippen LogP contribution in [0.15, 0.2) is 72.8 Å². The smallest absolute Gasteiger partial charge is 0.255 e. The van der Waals surface area contributed by atoms with Crippen LogP contribution in [-0.4, -0.2) is 18.4 Å². The normalized spacial score (nSPS) is 10.4. The van der Waals surface area contributed by atoms with Crippen molar-refractivity contribution in [3.05, 3.63) is 100 Å². The Morgan fingerprint density at radius 3 is 2.21 bits per heavy atom. The fourth-order valence-electron chi connectivity index (χ4n) is 2.66. The van der Waals surface area contributed by atoms with E-state index >= 15 is 0 Å². The molecule has 2 amide bonds. The summed E-state index contributed by atoms with van der Waals surface area (Å²) in [6.07, 6.45) is 0.401. The molecule has 2 N–H and O–H groups in total. The van der Waals surface area contributed by atoms with Crippen molar-refractivity contribution in [3.8, 4) is 0 Å². The highest BCUT2D eigenvalue weighted by Crippen LogP contribution is 2.16. The van der Waals surface area contributed by atoms with Gasteiger partial charge in [0.25, 0.3) is 11.8 Å². The third kappa shape index (κ3) is 5.18. The van der Waals surface area contributed by atoms with Gasteiger partial charge in [-0.1, -0.05) is 35.9 Å². The number of carbonyl (C=O) groups excluding carboxylic acids is 2. The SMILES string of the molecule is O=C(NCCc1ccccc1F)c1ccc(C(=O)Nc2cccc(Cl)c2)cc1. The Hall–Kier alpha value is -3.18. The van der Waals surface area contributed by atoms with Crippen LogP contribution in [0.5, 0.6) is 0 Å². The number of halogens is 2. The first kappa shape index (κ1) is 19.6. The first-order chi connectivity index (χ1) is 13.5. The van der Waals surface area contributed by atoms with Gasteiger partial charge < -0.3 is 10.6 Å². The van der Waals surface area contributed by atoms with Gasteiger partial charge in [-0.25, -0.2) is 4.39 Å². The van der Waals surface area contributed by atoms with Crippen LogP contribution in [-0.2, 0) is 6.42 Å². The molecule has 0 fully saturated rings. The highest BCUT2D eigenvalue weighted by Gasteiger charge is 2.10. The molecule has 0 saturated heterocycles. The van der Waals surface area contributed by atoms with Crippen molar-refractivity contribution in [1.82, 2.24) is 5.32 Å². The molecule has 0 aromatic heterocycles. The maximum absolute atomic E-state index is 13.6. The van der Waals surface area contributed by atoms with Crippen LogP contribution in [0.25, 0.3) is 0 Å². The van der Waals surface area contributed by atoms with Crippen LogP contribution in [0.4, 0.5) is 10.1 Å². The average Bonchev–Trinajstić information content (AvgIpc) is 2.69. The number of hydrogen-bond acceptors (Lipinski definition) is 2. The fraction of sp³-hybridized carbons (Fsp3) is 0.0909. The summed E-state index contributed by atoms with van der Waals surface area (Å²) in [5.74, 6) is -0.862. The van der Waals surface area contributed by atoms with Gasteiger partial charge in [-0.15, -0.1) is 0 Å². The van der Waals surface area contributed by atoms with Crippen LogP contribution < -0.4 is 10.6 Å². The molecule has 0 atom stereocenters. The molecule has 28 heavy (non-hydrogen) atoms. The van der Waals surface area contributed by atoms with E-state index in [9.17, 15) is 14.0 Å². The maximum atomic E-state index is 13.6. The number of nitrogens with one attached hydrogen (secondary N) is 2. The van der Waals surface area contributed by atoms with Crippen LogP contribution in [0.3, 0.4) is 0 Å². The summed E-state index contributed by atoms with van der Waals surface area (Å²) < 4.78 is 13.6. The molecule has 0 aliphatic heterocycles. The molecule has 3 rings (SSSR count). The lowest BCUT2D eigenvalue weighted by molar-refractivity contribution is 0.0952. The lowest BCUT2D eigenvalue weighted by atomic mass is 10.1. The molecule has 0 bridgehead atoms. The molecule has 6 heteroatoms. The van der Waals surface area contributed by atoms with E-state index in [2.05, 4.69) is 10.6 Å². The topological polar surface area (TPSA) is 58.2 Å². The zero-order valence-corrected chi connectivity index (χ0v) is 15.7. The predicted octanol–water partition coefficient (Wildman–Crippen LogP) is 4.70. The first-order valence-electron chi connectivity index (χ1n) is 8.71. The van der Waals surface area contributed by atoms with E-state index in [0.29, 0.717) is 40.4 Å². The number of hydrogen-bond donors (Lipinski definition) is 2. The number of anilines is 1.